The van der Waals surface area contributed by atoms with Crippen molar-refractivity contribution in [1.82, 2.24) is 0 Å². The molecular formula is C22H39F3O. The van der Waals surface area contributed by atoms with Gasteiger partial charge in [0.25, 0.3) is 0 Å². The summed E-state index contributed by atoms with van der Waals surface area (Å²) in [6.45, 7) is 14.8. The summed E-state index contributed by atoms with van der Waals surface area (Å²) in [6.07, 6.45) is 1.45. The maximum absolute atomic E-state index is 13.0. The number of rotatable bonds is 8. The Morgan fingerprint density at radius 3 is 1.92 bits per heavy atom. The zero-order valence-corrected chi connectivity index (χ0v) is 17.8. The molecule has 154 valence electrons. The third-order valence-electron chi connectivity index (χ3n) is 3.26. The van der Waals surface area contributed by atoms with E-state index in [0.29, 0.717) is 18.6 Å². The summed E-state index contributed by atoms with van der Waals surface area (Å²) >= 11 is 0. The predicted molar refractivity (Wildman–Crippen MR) is 107 cm³/mol. The van der Waals surface area contributed by atoms with Gasteiger partial charge in [-0.05, 0) is 36.5 Å². The lowest BCUT2D eigenvalue weighted by atomic mass is 10.1. The molecule has 26 heavy (non-hydrogen) atoms. The van der Waals surface area contributed by atoms with E-state index < -0.39 is 11.7 Å². The predicted octanol–water partition coefficient (Wildman–Crippen LogP) is 8.31. The monoisotopic (exact) mass is 376 g/mol. The number of unbranched alkanes of at least 4 members (excludes halogenated alkanes) is 4. The number of hydrogen-bond donors (Lipinski definition) is 0. The van der Waals surface area contributed by atoms with Crippen LogP contribution in [0.5, 0.6) is 5.75 Å². The molecule has 0 heterocycles. The minimum atomic E-state index is -4.36. The van der Waals surface area contributed by atoms with Crippen LogP contribution in [0.3, 0.4) is 0 Å². The molecule has 1 rings (SSSR count). The molecule has 1 nitrogen and oxygen atoms in total. The van der Waals surface area contributed by atoms with Gasteiger partial charge in [0.05, 0.1) is 12.2 Å². The van der Waals surface area contributed by atoms with Crippen LogP contribution < -0.4 is 4.74 Å². The average Bonchev–Trinajstić information content (AvgIpc) is 2.58. The number of hydrogen-bond acceptors (Lipinski definition) is 1. The minimum absolute atomic E-state index is 0.0507. The summed E-state index contributed by atoms with van der Waals surface area (Å²) < 4.78 is 44.2. The van der Waals surface area contributed by atoms with Crippen molar-refractivity contribution in [2.45, 2.75) is 93.2 Å². The van der Waals surface area contributed by atoms with Crippen molar-refractivity contribution in [2.75, 3.05) is 6.61 Å². The van der Waals surface area contributed by atoms with E-state index in [2.05, 4.69) is 27.7 Å². The molecule has 0 spiro atoms. The summed E-state index contributed by atoms with van der Waals surface area (Å²) in [4.78, 5) is 0. The van der Waals surface area contributed by atoms with E-state index in [1.807, 2.05) is 20.8 Å². The second-order valence-corrected chi connectivity index (χ2v) is 6.68. The lowest BCUT2D eigenvalue weighted by Gasteiger charge is -2.15. The van der Waals surface area contributed by atoms with Crippen LogP contribution in [0.15, 0.2) is 18.2 Å². The van der Waals surface area contributed by atoms with Crippen LogP contribution in [0.1, 0.15) is 91.7 Å². The summed E-state index contributed by atoms with van der Waals surface area (Å²) in [5.41, 5.74) is 0.0121. The van der Waals surface area contributed by atoms with E-state index in [9.17, 15) is 13.2 Å². The number of alkyl halides is 3. The van der Waals surface area contributed by atoms with E-state index >= 15 is 0 Å². The highest BCUT2D eigenvalue weighted by Crippen LogP contribution is 2.37. The first-order valence-corrected chi connectivity index (χ1v) is 10.0. The summed E-state index contributed by atoms with van der Waals surface area (Å²) in [6, 6.07) is 4.32. The zero-order chi connectivity index (χ0) is 20.6. The van der Waals surface area contributed by atoms with Crippen LogP contribution in [0.25, 0.3) is 0 Å². The van der Waals surface area contributed by atoms with Gasteiger partial charge in [-0.2, -0.15) is 13.2 Å². The Balaban J connectivity index is 0. The zero-order valence-electron chi connectivity index (χ0n) is 17.8. The van der Waals surface area contributed by atoms with Gasteiger partial charge in [0, 0.05) is 0 Å². The number of ether oxygens (including phenoxy) is 1. The van der Waals surface area contributed by atoms with Gasteiger partial charge in [-0.15, -0.1) is 0 Å². The van der Waals surface area contributed by atoms with Gasteiger partial charge in [-0.1, -0.05) is 80.2 Å². The van der Waals surface area contributed by atoms with Crippen LogP contribution >= 0.6 is 0 Å². The van der Waals surface area contributed by atoms with Gasteiger partial charge >= 0.3 is 6.18 Å². The molecule has 0 aromatic heterocycles. The highest BCUT2D eigenvalue weighted by Gasteiger charge is 2.34. The first-order valence-electron chi connectivity index (χ1n) is 10.0. The Morgan fingerprint density at radius 2 is 1.46 bits per heavy atom. The van der Waals surface area contributed by atoms with Gasteiger partial charge in [0.2, 0.25) is 0 Å². The van der Waals surface area contributed by atoms with Gasteiger partial charge in [0.1, 0.15) is 5.75 Å². The van der Waals surface area contributed by atoms with Crippen molar-refractivity contribution < 1.29 is 17.9 Å². The van der Waals surface area contributed by atoms with Crippen molar-refractivity contribution in [3.8, 4) is 5.75 Å². The molecule has 0 aliphatic carbocycles. The Morgan fingerprint density at radius 1 is 0.923 bits per heavy atom. The molecule has 0 saturated carbocycles. The Bertz CT molecular complexity index is 437. The quantitative estimate of drug-likeness (QED) is 0.414. The fraction of sp³-hybridized carbons (Fsp3) is 0.727. The number of aryl methyl sites for hydroxylation is 1. The van der Waals surface area contributed by atoms with E-state index in [0.717, 1.165) is 31.6 Å². The third-order valence-corrected chi connectivity index (χ3v) is 3.26. The Hall–Kier alpha value is -1.19. The Kier molecular flexibility index (Phi) is 16.7. The molecule has 0 fully saturated rings. The van der Waals surface area contributed by atoms with E-state index in [4.69, 9.17) is 4.74 Å². The smallest absolute Gasteiger partial charge is 0.419 e. The van der Waals surface area contributed by atoms with Crippen LogP contribution in [-0.2, 0) is 12.6 Å². The summed E-state index contributed by atoms with van der Waals surface area (Å²) in [7, 11) is 0. The van der Waals surface area contributed by atoms with Gasteiger partial charge < -0.3 is 4.74 Å². The molecule has 0 aliphatic rings. The largest absolute Gasteiger partial charge is 0.493 e. The molecular weight excluding hydrogens is 337 g/mol. The lowest BCUT2D eigenvalue weighted by Crippen LogP contribution is -2.10. The fourth-order valence-corrected chi connectivity index (χ4v) is 2.03. The SMILES string of the molecule is CC.CC(C)C.CCCCCCCOc1ccc(CC)cc1C(F)(F)F. The second-order valence-electron chi connectivity index (χ2n) is 6.68. The van der Waals surface area contributed by atoms with Gasteiger partial charge in [0.15, 0.2) is 0 Å². The van der Waals surface area contributed by atoms with Crippen LogP contribution in [-0.4, -0.2) is 6.61 Å². The fourth-order valence-electron chi connectivity index (χ4n) is 2.03. The van der Waals surface area contributed by atoms with Gasteiger partial charge in [-0.25, -0.2) is 0 Å². The summed E-state index contributed by atoms with van der Waals surface area (Å²) in [5.74, 6) is 0.783. The molecule has 0 amide bonds. The molecule has 0 atom stereocenters. The van der Waals surface area contributed by atoms with Crippen molar-refractivity contribution in [3.05, 3.63) is 29.3 Å². The van der Waals surface area contributed by atoms with Crippen molar-refractivity contribution in [2.24, 2.45) is 5.92 Å². The van der Waals surface area contributed by atoms with Gasteiger partial charge in [-0.3, -0.25) is 0 Å². The maximum Gasteiger partial charge on any atom is 0.419 e. The van der Waals surface area contributed by atoms with Crippen LogP contribution in [0, 0.1) is 5.92 Å². The molecule has 0 aliphatic heterocycles. The first-order chi connectivity index (χ1) is 12.2. The average molecular weight is 377 g/mol. The normalized spacial score (nSPS) is 10.6. The first kappa shape index (κ1) is 27.0. The maximum atomic E-state index is 13.0. The molecule has 0 unspecified atom stereocenters. The molecule has 0 N–H and O–H groups in total. The molecule has 0 saturated heterocycles. The highest BCUT2D eigenvalue weighted by atomic mass is 19.4. The van der Waals surface area contributed by atoms with Crippen molar-refractivity contribution in [1.29, 1.82) is 0 Å². The van der Waals surface area contributed by atoms with Crippen LogP contribution in [0.4, 0.5) is 13.2 Å². The Labute approximate surface area is 159 Å². The van der Waals surface area contributed by atoms with E-state index in [1.165, 1.54) is 18.6 Å². The highest BCUT2D eigenvalue weighted by molar-refractivity contribution is 5.39. The molecule has 0 bridgehead atoms. The lowest BCUT2D eigenvalue weighted by molar-refractivity contribution is -0.139. The molecule has 0 radical (unpaired) electrons. The third kappa shape index (κ3) is 14.0. The second kappa shape index (κ2) is 16.0. The number of benzene rings is 1. The molecule has 1 aromatic carbocycles. The summed E-state index contributed by atoms with van der Waals surface area (Å²) in [5, 5.41) is 0. The molecule has 4 heteroatoms. The molecule has 1 aromatic rings. The standard InChI is InChI=1S/C16H23F3O.C4H10.C2H6/c1-3-5-6-7-8-11-20-15-10-9-13(4-2)12-14(15)16(17,18)19;1-4(2)3;1-2/h9-10,12H,3-8,11H2,1-2H3;4H,1-3H3;1-2H3. The van der Waals surface area contributed by atoms with Crippen molar-refractivity contribution >= 4 is 0 Å². The number of halogens is 3. The van der Waals surface area contributed by atoms with E-state index in [1.54, 1.807) is 6.07 Å². The van der Waals surface area contributed by atoms with E-state index in [-0.39, 0.29) is 5.75 Å². The topological polar surface area (TPSA) is 9.23 Å². The van der Waals surface area contributed by atoms with Crippen LogP contribution in [0.2, 0.25) is 0 Å². The van der Waals surface area contributed by atoms with Crippen molar-refractivity contribution in [3.63, 3.8) is 0 Å². The minimum Gasteiger partial charge on any atom is -0.493 e.